The molecule has 10 heteroatoms. The Kier molecular flexibility index (Phi) is 9.85. The molecule has 0 unspecified atom stereocenters. The number of nitrogens with one attached hydrogen (secondary N) is 1. The molecule has 5 aromatic rings. The number of thiophene rings is 1. The van der Waals surface area contributed by atoms with Crippen LogP contribution < -0.4 is 10.7 Å². The van der Waals surface area contributed by atoms with E-state index in [1.165, 1.54) is 35.7 Å². The number of halogens is 2. The molecule has 0 saturated carbocycles. The minimum Gasteiger partial charge on any atom is -0.462 e. The van der Waals surface area contributed by atoms with Gasteiger partial charge in [0.1, 0.15) is 22.0 Å². The second-order valence-corrected chi connectivity index (χ2v) is 11.6. The van der Waals surface area contributed by atoms with Crippen molar-refractivity contribution in [3.63, 3.8) is 0 Å². The van der Waals surface area contributed by atoms with Crippen molar-refractivity contribution in [1.29, 1.82) is 0 Å². The second kappa shape index (κ2) is 14.0. The number of benzene rings is 3. The van der Waals surface area contributed by atoms with Crippen molar-refractivity contribution in [1.82, 2.24) is 9.47 Å². The lowest BCUT2D eigenvalue weighted by Crippen LogP contribution is -2.23. The first-order valence-electron chi connectivity index (χ1n) is 14.6. The van der Waals surface area contributed by atoms with Crippen LogP contribution in [0.5, 0.6) is 0 Å². The summed E-state index contributed by atoms with van der Waals surface area (Å²) >= 11 is 1.31. The molecule has 2 aromatic heterocycles. The number of amides is 1. The van der Waals surface area contributed by atoms with E-state index in [4.69, 9.17) is 4.74 Å². The van der Waals surface area contributed by atoms with Crippen molar-refractivity contribution in [3.05, 3.63) is 123 Å². The SMILES string of the molecule is CCOC(=O)c1cn(Cc2c(F)cccc2F)c2sc(-c3ccc(NC(=O)CC)cc3)c(CN(C)Cc3ccccc3)c2c1=O. The van der Waals surface area contributed by atoms with Gasteiger partial charge in [0.25, 0.3) is 0 Å². The number of pyridine rings is 1. The summed E-state index contributed by atoms with van der Waals surface area (Å²) in [6.07, 6.45) is 1.67. The standard InChI is InChI=1S/C35H33F2N3O4S/c1-4-30(41)38-24-16-14-23(15-17-24)33-26(19-39(3)18-22-10-7-6-8-11-22)31-32(42)27(35(43)44-5-2)21-40(34(31)45-33)20-25-28(36)12-9-13-29(25)37/h6-17,21H,4-5,18-20H2,1-3H3,(H,38,41). The van der Waals surface area contributed by atoms with E-state index in [2.05, 4.69) is 10.2 Å². The maximum absolute atomic E-state index is 14.8. The van der Waals surface area contributed by atoms with Gasteiger partial charge in [-0.1, -0.05) is 55.5 Å². The van der Waals surface area contributed by atoms with Gasteiger partial charge in [0.2, 0.25) is 11.3 Å². The fourth-order valence-corrected chi connectivity index (χ4v) is 6.47. The van der Waals surface area contributed by atoms with Gasteiger partial charge in [-0.3, -0.25) is 14.5 Å². The average molecular weight is 630 g/mol. The van der Waals surface area contributed by atoms with Crippen molar-refractivity contribution in [3.8, 4) is 10.4 Å². The first-order chi connectivity index (χ1) is 21.7. The third kappa shape index (κ3) is 7.02. The number of anilines is 1. The summed E-state index contributed by atoms with van der Waals surface area (Å²) < 4.78 is 36.4. The summed E-state index contributed by atoms with van der Waals surface area (Å²) in [6.45, 7) is 4.15. The Morgan fingerprint density at radius 2 is 1.60 bits per heavy atom. The van der Waals surface area contributed by atoms with Crippen molar-refractivity contribution in [2.45, 2.75) is 39.9 Å². The molecule has 1 amide bonds. The number of hydrogen-bond donors (Lipinski definition) is 1. The topological polar surface area (TPSA) is 80.6 Å². The van der Waals surface area contributed by atoms with Crippen LogP contribution in [0, 0.1) is 11.6 Å². The maximum Gasteiger partial charge on any atom is 0.343 e. The molecule has 2 heterocycles. The van der Waals surface area contributed by atoms with Gasteiger partial charge in [-0.25, -0.2) is 13.6 Å². The average Bonchev–Trinajstić information content (AvgIpc) is 3.40. The molecule has 0 aliphatic carbocycles. The Bertz CT molecular complexity index is 1880. The van der Waals surface area contributed by atoms with Crippen molar-refractivity contribution >= 4 is 39.1 Å². The number of carbonyl (C=O) groups is 2. The lowest BCUT2D eigenvalue weighted by atomic mass is 10.0. The molecule has 7 nitrogen and oxygen atoms in total. The van der Waals surface area contributed by atoms with Gasteiger partial charge in [0.15, 0.2) is 0 Å². The quantitative estimate of drug-likeness (QED) is 0.156. The smallest absolute Gasteiger partial charge is 0.343 e. The summed E-state index contributed by atoms with van der Waals surface area (Å²) in [4.78, 5) is 42.3. The molecule has 3 aromatic carbocycles. The number of ether oxygens (including phenoxy) is 1. The summed E-state index contributed by atoms with van der Waals surface area (Å²) in [5, 5.41) is 3.13. The number of fused-ring (bicyclic) bond motifs is 1. The van der Waals surface area contributed by atoms with E-state index < -0.39 is 23.0 Å². The lowest BCUT2D eigenvalue weighted by molar-refractivity contribution is -0.115. The van der Waals surface area contributed by atoms with E-state index in [1.807, 2.05) is 49.5 Å². The highest BCUT2D eigenvalue weighted by Gasteiger charge is 2.25. The first kappa shape index (κ1) is 31.7. The zero-order valence-electron chi connectivity index (χ0n) is 25.2. The number of nitrogens with zero attached hydrogens (tertiary/aromatic N) is 2. The van der Waals surface area contributed by atoms with E-state index in [9.17, 15) is 23.2 Å². The van der Waals surface area contributed by atoms with Crippen molar-refractivity contribution < 1.29 is 23.1 Å². The maximum atomic E-state index is 14.8. The molecule has 232 valence electrons. The first-order valence-corrected chi connectivity index (χ1v) is 15.4. The molecular weight excluding hydrogens is 596 g/mol. The van der Waals surface area contributed by atoms with Crippen molar-refractivity contribution in [2.24, 2.45) is 0 Å². The zero-order valence-corrected chi connectivity index (χ0v) is 26.0. The van der Waals surface area contributed by atoms with Crippen LogP contribution in [0.1, 0.15) is 47.3 Å². The number of rotatable bonds is 11. The van der Waals surface area contributed by atoms with Crippen LogP contribution >= 0.6 is 11.3 Å². The predicted octanol–water partition coefficient (Wildman–Crippen LogP) is 7.21. The van der Waals surface area contributed by atoms with Gasteiger partial charge in [0.05, 0.1) is 18.5 Å². The van der Waals surface area contributed by atoms with E-state index >= 15 is 0 Å². The van der Waals surface area contributed by atoms with Crippen LogP contribution in [0.25, 0.3) is 20.7 Å². The molecule has 0 spiro atoms. The van der Waals surface area contributed by atoms with E-state index in [-0.39, 0.29) is 30.2 Å². The van der Waals surface area contributed by atoms with Crippen LogP contribution in [0.3, 0.4) is 0 Å². The van der Waals surface area contributed by atoms with E-state index in [1.54, 1.807) is 30.5 Å². The molecular formula is C35H33F2N3O4S. The molecule has 0 atom stereocenters. The van der Waals surface area contributed by atoms with E-state index in [0.717, 1.165) is 16.0 Å². The number of hydrogen-bond acceptors (Lipinski definition) is 6. The highest BCUT2D eigenvalue weighted by molar-refractivity contribution is 7.22. The fourth-order valence-electron chi connectivity index (χ4n) is 5.18. The van der Waals surface area contributed by atoms with Crippen LogP contribution in [0.15, 0.2) is 83.8 Å². The van der Waals surface area contributed by atoms with Gasteiger partial charge >= 0.3 is 5.97 Å². The summed E-state index contributed by atoms with van der Waals surface area (Å²) in [6, 6.07) is 20.8. The van der Waals surface area contributed by atoms with Gasteiger partial charge in [-0.2, -0.15) is 0 Å². The Balaban J connectivity index is 1.72. The highest BCUT2D eigenvalue weighted by atomic mass is 32.1. The van der Waals surface area contributed by atoms with Gasteiger partial charge in [0, 0.05) is 41.8 Å². The Hall–Kier alpha value is -4.67. The van der Waals surface area contributed by atoms with Gasteiger partial charge in [-0.15, -0.1) is 11.3 Å². The Labute approximate surface area is 263 Å². The molecule has 5 rings (SSSR count). The third-order valence-electron chi connectivity index (χ3n) is 7.37. The predicted molar refractivity (Wildman–Crippen MR) is 173 cm³/mol. The summed E-state index contributed by atoms with van der Waals surface area (Å²) in [5.41, 5.74) is 2.27. The minimum absolute atomic E-state index is 0.0563. The molecule has 0 aliphatic heterocycles. The van der Waals surface area contributed by atoms with Crippen LogP contribution in [0.4, 0.5) is 14.5 Å². The molecule has 0 saturated heterocycles. The zero-order chi connectivity index (χ0) is 32.1. The minimum atomic E-state index is -0.806. The third-order valence-corrected chi connectivity index (χ3v) is 8.68. The molecule has 0 radical (unpaired) electrons. The normalized spacial score (nSPS) is 11.2. The molecule has 0 fully saturated rings. The monoisotopic (exact) mass is 629 g/mol. The number of esters is 1. The van der Waals surface area contributed by atoms with Crippen molar-refractivity contribution in [2.75, 3.05) is 19.0 Å². The lowest BCUT2D eigenvalue weighted by Gasteiger charge is -2.18. The van der Waals surface area contributed by atoms with Gasteiger partial charge in [-0.05, 0) is 54.9 Å². The molecule has 1 N–H and O–H groups in total. The van der Waals surface area contributed by atoms with Crippen LogP contribution in [-0.4, -0.2) is 35.0 Å². The van der Waals surface area contributed by atoms with E-state index in [0.29, 0.717) is 41.0 Å². The second-order valence-electron chi connectivity index (χ2n) is 10.6. The number of aromatic nitrogens is 1. The molecule has 0 bridgehead atoms. The Morgan fingerprint density at radius 3 is 2.24 bits per heavy atom. The summed E-state index contributed by atoms with van der Waals surface area (Å²) in [5.74, 6) is -2.39. The van der Waals surface area contributed by atoms with Crippen LogP contribution in [0.2, 0.25) is 0 Å². The number of carbonyl (C=O) groups excluding carboxylic acids is 2. The highest BCUT2D eigenvalue weighted by Crippen LogP contribution is 2.39. The summed E-state index contributed by atoms with van der Waals surface area (Å²) in [7, 11) is 1.94. The largest absolute Gasteiger partial charge is 0.462 e. The van der Waals surface area contributed by atoms with Crippen LogP contribution in [-0.2, 0) is 29.2 Å². The van der Waals surface area contributed by atoms with Gasteiger partial charge < -0.3 is 14.6 Å². The Morgan fingerprint density at radius 1 is 0.911 bits per heavy atom. The fraction of sp³-hybridized carbons (Fsp3) is 0.229. The molecule has 0 aliphatic rings. The molecule has 45 heavy (non-hydrogen) atoms.